The number of nitrogens with one attached hydrogen (secondary N) is 1. The zero-order chi connectivity index (χ0) is 21.3. The molecular formula is C20H21F2N7O. The normalized spacial score (nSPS) is 14.1. The standard InChI is InChI=1S/C20H21F2N7O/c1-13-9-14(2)29(26-13)19-11-18(23-12-24-19)27-5-7-28(8-6-27)20(30)25-17-4-3-15(21)10-16(17)22/h3-4,9-12H,5-8H2,1-2H3,(H,25,30). The van der Waals surface area contributed by atoms with Crippen LogP contribution in [0.25, 0.3) is 5.82 Å². The SMILES string of the molecule is Cc1cc(C)n(-c2cc(N3CCN(C(=O)Nc4ccc(F)cc4F)CC3)ncn2)n1. The molecule has 1 N–H and O–H groups in total. The summed E-state index contributed by atoms with van der Waals surface area (Å²) >= 11 is 0. The van der Waals surface area contributed by atoms with E-state index in [-0.39, 0.29) is 5.69 Å². The highest BCUT2D eigenvalue weighted by Gasteiger charge is 2.23. The zero-order valence-electron chi connectivity index (χ0n) is 16.6. The molecule has 0 aliphatic carbocycles. The van der Waals surface area contributed by atoms with Gasteiger partial charge in [-0.3, -0.25) is 0 Å². The number of rotatable bonds is 3. The van der Waals surface area contributed by atoms with Gasteiger partial charge in [-0.2, -0.15) is 5.10 Å². The first-order chi connectivity index (χ1) is 14.4. The van der Waals surface area contributed by atoms with Gasteiger partial charge in [0.15, 0.2) is 5.82 Å². The van der Waals surface area contributed by atoms with Crippen molar-refractivity contribution >= 4 is 17.5 Å². The number of anilines is 2. The average Bonchev–Trinajstić information content (AvgIpc) is 3.08. The summed E-state index contributed by atoms with van der Waals surface area (Å²) in [6, 6.07) is 6.47. The summed E-state index contributed by atoms with van der Waals surface area (Å²) in [5, 5.41) is 6.94. The molecule has 0 bridgehead atoms. The molecule has 1 fully saturated rings. The molecule has 0 unspecified atom stereocenters. The minimum atomic E-state index is -0.806. The second-order valence-electron chi connectivity index (χ2n) is 7.10. The Kier molecular flexibility index (Phi) is 5.30. The van der Waals surface area contributed by atoms with Gasteiger partial charge in [0.2, 0.25) is 0 Å². The Hall–Kier alpha value is -3.56. The lowest BCUT2D eigenvalue weighted by Gasteiger charge is -2.35. The average molecular weight is 413 g/mol. The number of aryl methyl sites for hydroxylation is 2. The zero-order valence-corrected chi connectivity index (χ0v) is 16.6. The third-order valence-electron chi connectivity index (χ3n) is 4.93. The van der Waals surface area contributed by atoms with Crippen LogP contribution in [0.3, 0.4) is 0 Å². The quantitative estimate of drug-likeness (QED) is 0.714. The maximum atomic E-state index is 13.8. The second-order valence-corrected chi connectivity index (χ2v) is 7.10. The van der Waals surface area contributed by atoms with Crippen LogP contribution in [0.1, 0.15) is 11.4 Å². The fraction of sp³-hybridized carbons (Fsp3) is 0.300. The number of amides is 2. The summed E-state index contributed by atoms with van der Waals surface area (Å²) in [7, 11) is 0. The third-order valence-corrected chi connectivity index (χ3v) is 4.93. The molecule has 0 radical (unpaired) electrons. The molecule has 0 saturated carbocycles. The molecule has 1 aliphatic heterocycles. The molecule has 8 nitrogen and oxygen atoms in total. The number of carbonyl (C=O) groups is 1. The Morgan fingerprint density at radius 3 is 2.40 bits per heavy atom. The summed E-state index contributed by atoms with van der Waals surface area (Å²) in [5.74, 6) is -0.0711. The lowest BCUT2D eigenvalue weighted by atomic mass is 10.3. The van der Waals surface area contributed by atoms with E-state index < -0.39 is 17.7 Å². The Bertz CT molecular complexity index is 1080. The number of piperazine rings is 1. The van der Waals surface area contributed by atoms with Gasteiger partial charge in [0, 0.05) is 44.0 Å². The van der Waals surface area contributed by atoms with Crippen molar-refractivity contribution in [3.05, 3.63) is 59.7 Å². The van der Waals surface area contributed by atoms with Crippen LogP contribution in [0.4, 0.5) is 25.1 Å². The van der Waals surface area contributed by atoms with Gasteiger partial charge < -0.3 is 15.1 Å². The van der Waals surface area contributed by atoms with Crippen LogP contribution in [-0.2, 0) is 0 Å². The Labute approximate surface area is 172 Å². The molecule has 2 amide bonds. The molecule has 10 heteroatoms. The smallest absolute Gasteiger partial charge is 0.322 e. The minimum Gasteiger partial charge on any atom is -0.353 e. The largest absolute Gasteiger partial charge is 0.353 e. The van der Waals surface area contributed by atoms with E-state index in [4.69, 9.17) is 0 Å². The molecule has 156 valence electrons. The Balaban J connectivity index is 1.40. The van der Waals surface area contributed by atoms with Crippen molar-refractivity contribution in [2.75, 3.05) is 36.4 Å². The molecule has 1 aromatic carbocycles. The second kappa shape index (κ2) is 8.05. The maximum absolute atomic E-state index is 13.8. The first kappa shape index (κ1) is 19.7. The molecule has 30 heavy (non-hydrogen) atoms. The van der Waals surface area contributed by atoms with Crippen LogP contribution in [0, 0.1) is 25.5 Å². The summed E-state index contributed by atoms with van der Waals surface area (Å²) in [6.45, 7) is 5.89. The Morgan fingerprint density at radius 2 is 1.73 bits per heavy atom. The van der Waals surface area contributed by atoms with Crippen molar-refractivity contribution in [1.29, 1.82) is 0 Å². The molecule has 4 rings (SSSR count). The number of benzene rings is 1. The van der Waals surface area contributed by atoms with Gasteiger partial charge in [-0.25, -0.2) is 28.2 Å². The van der Waals surface area contributed by atoms with E-state index in [1.165, 1.54) is 12.4 Å². The van der Waals surface area contributed by atoms with Gasteiger partial charge in [-0.05, 0) is 32.0 Å². The highest BCUT2D eigenvalue weighted by Crippen LogP contribution is 2.19. The van der Waals surface area contributed by atoms with E-state index in [1.807, 2.05) is 26.0 Å². The summed E-state index contributed by atoms with van der Waals surface area (Å²) in [4.78, 5) is 24.7. The molecule has 0 spiro atoms. The van der Waals surface area contributed by atoms with E-state index in [0.29, 0.717) is 32.0 Å². The fourth-order valence-corrected chi connectivity index (χ4v) is 3.41. The molecule has 0 atom stereocenters. The van der Waals surface area contributed by atoms with Crippen LogP contribution < -0.4 is 10.2 Å². The van der Waals surface area contributed by atoms with Crippen LogP contribution in [0.5, 0.6) is 0 Å². The highest BCUT2D eigenvalue weighted by atomic mass is 19.1. The number of urea groups is 1. The van der Waals surface area contributed by atoms with Crippen molar-refractivity contribution in [1.82, 2.24) is 24.6 Å². The number of hydrogen-bond donors (Lipinski definition) is 1. The first-order valence-electron chi connectivity index (χ1n) is 9.52. The van der Waals surface area contributed by atoms with E-state index in [2.05, 4.69) is 25.3 Å². The number of hydrogen-bond acceptors (Lipinski definition) is 5. The maximum Gasteiger partial charge on any atom is 0.322 e. The van der Waals surface area contributed by atoms with E-state index >= 15 is 0 Å². The fourth-order valence-electron chi connectivity index (χ4n) is 3.41. The van der Waals surface area contributed by atoms with Crippen molar-refractivity contribution < 1.29 is 13.6 Å². The first-order valence-corrected chi connectivity index (χ1v) is 9.52. The summed E-state index contributed by atoms with van der Waals surface area (Å²) < 4.78 is 28.6. The molecule has 3 heterocycles. The van der Waals surface area contributed by atoms with Gasteiger partial charge in [0.1, 0.15) is 23.8 Å². The Morgan fingerprint density at radius 1 is 1.00 bits per heavy atom. The van der Waals surface area contributed by atoms with Gasteiger partial charge in [-0.1, -0.05) is 0 Å². The number of halogens is 2. The van der Waals surface area contributed by atoms with E-state index in [1.54, 1.807) is 9.58 Å². The van der Waals surface area contributed by atoms with Crippen LogP contribution in [0.2, 0.25) is 0 Å². The van der Waals surface area contributed by atoms with Crippen LogP contribution >= 0.6 is 0 Å². The predicted octanol–water partition coefficient (Wildman–Crippen LogP) is 2.91. The van der Waals surface area contributed by atoms with Crippen molar-refractivity contribution in [2.45, 2.75) is 13.8 Å². The van der Waals surface area contributed by atoms with Crippen LogP contribution in [-0.4, -0.2) is 56.9 Å². The van der Waals surface area contributed by atoms with Crippen molar-refractivity contribution in [3.8, 4) is 5.82 Å². The van der Waals surface area contributed by atoms with Gasteiger partial charge in [-0.15, -0.1) is 0 Å². The topological polar surface area (TPSA) is 79.2 Å². The number of aromatic nitrogens is 4. The lowest BCUT2D eigenvalue weighted by molar-refractivity contribution is 0.208. The molecule has 1 saturated heterocycles. The molecular weight excluding hydrogens is 392 g/mol. The van der Waals surface area contributed by atoms with Gasteiger partial charge >= 0.3 is 6.03 Å². The highest BCUT2D eigenvalue weighted by molar-refractivity contribution is 5.89. The number of carbonyl (C=O) groups excluding carboxylic acids is 1. The third kappa shape index (κ3) is 4.07. The molecule has 2 aromatic heterocycles. The predicted molar refractivity (Wildman–Crippen MR) is 108 cm³/mol. The molecule has 3 aromatic rings. The van der Waals surface area contributed by atoms with E-state index in [9.17, 15) is 13.6 Å². The lowest BCUT2D eigenvalue weighted by Crippen LogP contribution is -2.50. The van der Waals surface area contributed by atoms with Gasteiger partial charge in [0.25, 0.3) is 0 Å². The minimum absolute atomic E-state index is 0.0471. The van der Waals surface area contributed by atoms with Crippen LogP contribution in [0.15, 0.2) is 36.7 Å². The van der Waals surface area contributed by atoms with Gasteiger partial charge in [0.05, 0.1) is 11.4 Å². The van der Waals surface area contributed by atoms with Crippen molar-refractivity contribution in [2.24, 2.45) is 0 Å². The monoisotopic (exact) mass is 413 g/mol. The molecule has 1 aliphatic rings. The summed E-state index contributed by atoms with van der Waals surface area (Å²) in [5.41, 5.74) is 1.84. The van der Waals surface area contributed by atoms with Crippen molar-refractivity contribution in [3.63, 3.8) is 0 Å². The number of nitrogens with zero attached hydrogens (tertiary/aromatic N) is 6. The van der Waals surface area contributed by atoms with E-state index in [0.717, 1.165) is 29.3 Å². The summed E-state index contributed by atoms with van der Waals surface area (Å²) in [6.07, 6.45) is 1.50.